The first-order valence-electron chi connectivity index (χ1n) is 5.49. The second-order valence-electron chi connectivity index (χ2n) is 3.88. The number of aromatic nitrogens is 1. The van der Waals surface area contributed by atoms with Gasteiger partial charge in [0.15, 0.2) is 0 Å². The summed E-state index contributed by atoms with van der Waals surface area (Å²) in [7, 11) is 0. The molecule has 18 heavy (non-hydrogen) atoms. The van der Waals surface area contributed by atoms with Crippen molar-refractivity contribution >= 4 is 11.6 Å². The van der Waals surface area contributed by atoms with E-state index >= 15 is 0 Å². The Morgan fingerprint density at radius 3 is 2.78 bits per heavy atom. The highest BCUT2D eigenvalue weighted by Gasteiger charge is 2.07. The van der Waals surface area contributed by atoms with Crippen LogP contribution in [0.1, 0.15) is 5.56 Å². The van der Waals surface area contributed by atoms with Crippen molar-refractivity contribution in [1.82, 2.24) is 4.57 Å². The van der Waals surface area contributed by atoms with Crippen molar-refractivity contribution < 1.29 is 14.3 Å². The Labute approximate surface area is 104 Å². The molecule has 0 saturated carbocycles. The molecule has 1 aromatic heterocycles. The molecule has 0 aliphatic carbocycles. The summed E-state index contributed by atoms with van der Waals surface area (Å²) in [6.45, 7) is 0.0102. The van der Waals surface area contributed by atoms with Gasteiger partial charge in [-0.15, -0.1) is 0 Å². The van der Waals surface area contributed by atoms with Gasteiger partial charge in [-0.05, 0) is 23.8 Å². The van der Waals surface area contributed by atoms with Crippen molar-refractivity contribution in [1.29, 1.82) is 0 Å². The van der Waals surface area contributed by atoms with E-state index in [9.17, 15) is 9.18 Å². The van der Waals surface area contributed by atoms with Gasteiger partial charge in [-0.3, -0.25) is 4.79 Å². The molecule has 0 bridgehead atoms. The number of halogens is 1. The zero-order valence-electron chi connectivity index (χ0n) is 9.64. The molecule has 0 aliphatic heterocycles. The number of aliphatic hydroxyl groups excluding tert-OH is 1. The third-order valence-electron chi connectivity index (χ3n) is 2.47. The minimum atomic E-state index is -0.464. The maximum absolute atomic E-state index is 13.3. The van der Waals surface area contributed by atoms with E-state index in [0.29, 0.717) is 0 Å². The van der Waals surface area contributed by atoms with Crippen molar-refractivity contribution in [3.8, 4) is 0 Å². The summed E-state index contributed by atoms with van der Waals surface area (Å²) in [6, 6.07) is 7.72. The van der Waals surface area contributed by atoms with Gasteiger partial charge in [-0.1, -0.05) is 12.1 Å². The lowest BCUT2D eigenvalue weighted by atomic mass is 10.3. The Hall–Kier alpha value is -2.14. The molecule has 1 amide bonds. The van der Waals surface area contributed by atoms with Gasteiger partial charge < -0.3 is 15.0 Å². The van der Waals surface area contributed by atoms with Gasteiger partial charge >= 0.3 is 0 Å². The fraction of sp³-hybridized carbons (Fsp3) is 0.154. The number of carbonyl (C=O) groups excluding carboxylic acids is 1. The lowest BCUT2D eigenvalue weighted by molar-refractivity contribution is -0.116. The number of carbonyl (C=O) groups is 1. The number of anilines is 1. The van der Waals surface area contributed by atoms with E-state index in [1.54, 1.807) is 35.2 Å². The summed E-state index contributed by atoms with van der Waals surface area (Å²) >= 11 is 0. The second-order valence-corrected chi connectivity index (χ2v) is 3.88. The average molecular weight is 248 g/mol. The molecule has 0 atom stereocenters. The molecule has 0 saturated heterocycles. The summed E-state index contributed by atoms with van der Waals surface area (Å²) in [5.41, 5.74) is 0.894. The molecule has 94 valence electrons. The Morgan fingerprint density at radius 1 is 1.33 bits per heavy atom. The van der Waals surface area contributed by atoms with Gasteiger partial charge in [-0.2, -0.15) is 0 Å². The quantitative estimate of drug-likeness (QED) is 0.866. The van der Waals surface area contributed by atoms with E-state index in [1.807, 2.05) is 0 Å². The standard InChI is InChI=1S/C13H13FN2O2/c14-11-3-1-2-4-12(11)15-13(18)8-16-6-5-10(7-16)9-17/h1-7,17H,8-9H2,(H,15,18). The van der Waals surface area contributed by atoms with Crippen LogP contribution in [0.3, 0.4) is 0 Å². The van der Waals surface area contributed by atoms with E-state index < -0.39 is 5.82 Å². The number of nitrogens with zero attached hydrogens (tertiary/aromatic N) is 1. The minimum absolute atomic E-state index is 0.0675. The molecular weight excluding hydrogens is 235 g/mol. The minimum Gasteiger partial charge on any atom is -0.392 e. The molecular formula is C13H13FN2O2. The molecule has 1 aromatic carbocycles. The average Bonchev–Trinajstić information content (AvgIpc) is 2.80. The van der Waals surface area contributed by atoms with Crippen LogP contribution in [0.15, 0.2) is 42.7 Å². The normalized spacial score (nSPS) is 10.3. The molecule has 0 aliphatic rings. The third-order valence-corrected chi connectivity index (χ3v) is 2.47. The predicted molar refractivity (Wildman–Crippen MR) is 65.4 cm³/mol. The number of nitrogens with one attached hydrogen (secondary N) is 1. The number of aliphatic hydroxyl groups is 1. The van der Waals surface area contributed by atoms with E-state index in [-0.39, 0.29) is 24.7 Å². The Kier molecular flexibility index (Phi) is 3.74. The van der Waals surface area contributed by atoms with Crippen LogP contribution in [-0.4, -0.2) is 15.6 Å². The molecule has 1 heterocycles. The van der Waals surface area contributed by atoms with Crippen LogP contribution in [0.4, 0.5) is 10.1 Å². The lowest BCUT2D eigenvalue weighted by Crippen LogP contribution is -2.18. The first kappa shape index (κ1) is 12.3. The van der Waals surface area contributed by atoms with Gasteiger partial charge in [0.05, 0.1) is 12.3 Å². The highest BCUT2D eigenvalue weighted by molar-refractivity contribution is 5.90. The summed E-state index contributed by atoms with van der Waals surface area (Å²) in [4.78, 5) is 11.7. The number of amides is 1. The van der Waals surface area contributed by atoms with Crippen LogP contribution in [0.2, 0.25) is 0 Å². The monoisotopic (exact) mass is 248 g/mol. The van der Waals surface area contributed by atoms with E-state index in [2.05, 4.69) is 5.32 Å². The highest BCUT2D eigenvalue weighted by Crippen LogP contribution is 2.12. The number of benzene rings is 1. The van der Waals surface area contributed by atoms with Crippen LogP contribution in [0.25, 0.3) is 0 Å². The summed E-state index contributed by atoms with van der Waals surface area (Å²) < 4.78 is 14.9. The van der Waals surface area contributed by atoms with Crippen molar-refractivity contribution in [2.24, 2.45) is 0 Å². The first-order valence-corrected chi connectivity index (χ1v) is 5.49. The van der Waals surface area contributed by atoms with Gasteiger partial charge in [0, 0.05) is 12.4 Å². The number of para-hydroxylation sites is 1. The van der Waals surface area contributed by atoms with Crippen LogP contribution >= 0.6 is 0 Å². The van der Waals surface area contributed by atoms with Crippen LogP contribution in [0.5, 0.6) is 0 Å². The first-order chi connectivity index (χ1) is 8.69. The van der Waals surface area contributed by atoms with Crippen LogP contribution < -0.4 is 5.32 Å². The summed E-state index contributed by atoms with van der Waals surface area (Å²) in [5.74, 6) is -0.783. The van der Waals surface area contributed by atoms with E-state index in [4.69, 9.17) is 5.11 Å². The lowest BCUT2D eigenvalue weighted by Gasteiger charge is -2.06. The van der Waals surface area contributed by atoms with Gasteiger partial charge in [0.25, 0.3) is 0 Å². The van der Waals surface area contributed by atoms with Crippen molar-refractivity contribution in [3.05, 3.63) is 54.1 Å². The van der Waals surface area contributed by atoms with Gasteiger partial charge in [0.2, 0.25) is 5.91 Å². The van der Waals surface area contributed by atoms with Crippen LogP contribution in [0, 0.1) is 5.82 Å². The fourth-order valence-corrected chi connectivity index (χ4v) is 1.60. The molecule has 5 heteroatoms. The number of hydrogen-bond acceptors (Lipinski definition) is 2. The zero-order chi connectivity index (χ0) is 13.0. The van der Waals surface area contributed by atoms with Gasteiger partial charge in [-0.25, -0.2) is 4.39 Å². The second kappa shape index (κ2) is 5.46. The molecule has 2 aromatic rings. The molecule has 4 nitrogen and oxygen atoms in total. The molecule has 2 rings (SSSR count). The molecule has 2 N–H and O–H groups in total. The van der Waals surface area contributed by atoms with Crippen molar-refractivity contribution in [3.63, 3.8) is 0 Å². The third kappa shape index (κ3) is 2.95. The Balaban J connectivity index is 1.99. The van der Waals surface area contributed by atoms with Crippen molar-refractivity contribution in [2.45, 2.75) is 13.2 Å². The Bertz CT molecular complexity index is 551. The largest absolute Gasteiger partial charge is 0.392 e. The van der Waals surface area contributed by atoms with Gasteiger partial charge in [0.1, 0.15) is 12.4 Å². The fourth-order valence-electron chi connectivity index (χ4n) is 1.60. The zero-order valence-corrected chi connectivity index (χ0v) is 9.64. The topological polar surface area (TPSA) is 54.3 Å². The van der Waals surface area contributed by atoms with Crippen molar-refractivity contribution in [2.75, 3.05) is 5.32 Å². The molecule has 0 spiro atoms. The molecule has 0 radical (unpaired) electrons. The van der Waals surface area contributed by atoms with E-state index in [0.717, 1.165) is 5.56 Å². The Morgan fingerprint density at radius 2 is 2.11 bits per heavy atom. The SMILES string of the molecule is O=C(Cn1ccc(CO)c1)Nc1ccccc1F. The number of rotatable bonds is 4. The molecule has 0 unspecified atom stereocenters. The maximum atomic E-state index is 13.3. The maximum Gasteiger partial charge on any atom is 0.244 e. The predicted octanol–water partition coefficient (Wildman–Crippen LogP) is 1.76. The van der Waals surface area contributed by atoms with Crippen LogP contribution in [-0.2, 0) is 17.9 Å². The smallest absolute Gasteiger partial charge is 0.244 e. The molecule has 0 fully saturated rings. The van der Waals surface area contributed by atoms with E-state index in [1.165, 1.54) is 12.1 Å². The number of hydrogen-bond donors (Lipinski definition) is 2. The summed E-state index contributed by atoms with van der Waals surface area (Å²) in [5, 5.41) is 11.4. The summed E-state index contributed by atoms with van der Waals surface area (Å²) in [6.07, 6.45) is 3.35. The highest BCUT2D eigenvalue weighted by atomic mass is 19.1.